The van der Waals surface area contributed by atoms with Crippen molar-refractivity contribution in [2.45, 2.75) is 134 Å². The Balaban J connectivity index is 1.67. The van der Waals surface area contributed by atoms with Gasteiger partial charge in [-0.2, -0.15) is 0 Å². The summed E-state index contributed by atoms with van der Waals surface area (Å²) in [6, 6.07) is -7.86. The van der Waals surface area contributed by atoms with E-state index < -0.39 is 89.9 Å². The number of aliphatic hydroxyl groups excluding tert-OH is 2. The van der Waals surface area contributed by atoms with E-state index in [1.165, 1.54) is 23.6 Å². The number of hydrogen-bond acceptors (Lipinski definition) is 11. The molecule has 0 spiro atoms. The first kappa shape index (κ1) is 43.8. The minimum Gasteiger partial charge on any atom is -0.480 e. The smallest absolute Gasteiger partial charge is 0.326 e. The lowest BCUT2D eigenvalue weighted by Crippen LogP contribution is -2.62. The summed E-state index contributed by atoms with van der Waals surface area (Å²) in [5.41, 5.74) is 10.6. The van der Waals surface area contributed by atoms with E-state index in [0.29, 0.717) is 38.8 Å². The van der Waals surface area contributed by atoms with Crippen LogP contribution in [0.1, 0.15) is 79.1 Å². The first-order valence-corrected chi connectivity index (χ1v) is 18.6. The van der Waals surface area contributed by atoms with Crippen LogP contribution in [0.25, 0.3) is 0 Å². The molecule has 0 aromatic heterocycles. The highest BCUT2D eigenvalue weighted by atomic mass is 16.4. The van der Waals surface area contributed by atoms with Gasteiger partial charge in [-0.25, -0.2) is 4.79 Å². The summed E-state index contributed by atoms with van der Waals surface area (Å²) in [4.78, 5) is 99.0. The monoisotopic (exact) mass is 766 g/mol. The first-order valence-electron chi connectivity index (χ1n) is 18.6. The molecule has 0 saturated carbocycles. The van der Waals surface area contributed by atoms with Crippen molar-refractivity contribution in [3.05, 3.63) is 0 Å². The van der Waals surface area contributed by atoms with Gasteiger partial charge in [0.1, 0.15) is 36.3 Å². The molecule has 20 nitrogen and oxygen atoms in total. The van der Waals surface area contributed by atoms with E-state index in [1.54, 1.807) is 13.8 Å². The van der Waals surface area contributed by atoms with Gasteiger partial charge in [0.05, 0.1) is 18.2 Å². The summed E-state index contributed by atoms with van der Waals surface area (Å²) in [6.45, 7) is 7.27. The number of aliphatic hydroxyl groups is 2. The number of carboxylic acid groups (broad SMARTS) is 1. The number of nitrogens with zero attached hydrogens (tertiary/aromatic N) is 3. The van der Waals surface area contributed by atoms with E-state index in [9.17, 15) is 48.9 Å². The molecule has 20 heteroatoms. The maximum absolute atomic E-state index is 14.0. The van der Waals surface area contributed by atoms with Crippen LogP contribution in [0.5, 0.6) is 0 Å². The summed E-state index contributed by atoms with van der Waals surface area (Å²) < 4.78 is 0. The fraction of sp³-hybridized carbons (Fsp3) is 0.765. The summed E-state index contributed by atoms with van der Waals surface area (Å²) in [5, 5.41) is 43.7. The predicted octanol–water partition coefficient (Wildman–Crippen LogP) is -3.78. The number of carbonyl (C=O) groups is 7. The number of hydrogen-bond donors (Lipinski definition) is 10. The molecule has 3 aliphatic heterocycles. The summed E-state index contributed by atoms with van der Waals surface area (Å²) in [6.07, 6.45) is 0.482. The van der Waals surface area contributed by atoms with Crippen LogP contribution in [0, 0.1) is 5.92 Å². The second-order valence-corrected chi connectivity index (χ2v) is 14.6. The Bertz CT molecular complexity index is 1400. The molecule has 0 radical (unpaired) electrons. The number of likely N-dealkylation sites (tertiary alicyclic amines) is 2. The SMILES string of the molecule is CC(C)[C@H](NC(=O)[C@@H](NC(=O)[C@@H]1CCCN1C(=O)[C@@H]1CCCN1)[C@@H](C)O)C(=O)N1CCC[C@H]1C(=O)N[C@H](C(=O)N[C@@H](CCCN=C(N)N)C(=O)O)[C@@H](C)O. The Morgan fingerprint density at radius 3 is 1.78 bits per heavy atom. The Labute approximate surface area is 314 Å². The lowest BCUT2D eigenvalue weighted by Gasteiger charge is -2.33. The Hall–Kier alpha value is -4.56. The molecular weight excluding hydrogens is 708 g/mol. The van der Waals surface area contributed by atoms with Crippen molar-refractivity contribution in [2.75, 3.05) is 26.2 Å². The van der Waals surface area contributed by atoms with Gasteiger partial charge < -0.3 is 63.2 Å². The number of guanidine groups is 1. The lowest BCUT2D eigenvalue weighted by molar-refractivity contribution is -0.145. The number of carbonyl (C=O) groups excluding carboxylic acids is 6. The van der Waals surface area contributed by atoms with E-state index in [4.69, 9.17) is 11.5 Å². The van der Waals surface area contributed by atoms with Gasteiger partial charge >= 0.3 is 5.97 Å². The molecule has 0 aromatic rings. The molecule has 3 rings (SSSR count). The summed E-state index contributed by atoms with van der Waals surface area (Å²) in [7, 11) is 0. The lowest BCUT2D eigenvalue weighted by atomic mass is 10.0. The van der Waals surface area contributed by atoms with Gasteiger partial charge in [-0.05, 0) is 77.7 Å². The maximum atomic E-state index is 14.0. The standard InChI is InChI=1S/C34H58N10O10/c1-17(2)24(40-30(50)26(19(4)46)42-27(47)22-11-7-15-43(22)31(51)20-9-5-13-37-20)32(52)44-16-8-12-23(44)28(48)41-25(18(3)45)29(49)39-21(33(53)54)10-6-14-38-34(35)36/h17-26,37,45-46H,5-16H2,1-4H3,(H,39,49)(H,40,50)(H,41,48)(H,42,47)(H,53,54)(H4,35,36,38)/t18-,19-,20+,21+,22+,23+,24+,25+,26+/m1/s1. The highest BCUT2D eigenvalue weighted by Crippen LogP contribution is 2.23. The van der Waals surface area contributed by atoms with Crippen molar-refractivity contribution in [3.8, 4) is 0 Å². The van der Waals surface area contributed by atoms with Gasteiger partial charge in [-0.1, -0.05) is 13.8 Å². The highest BCUT2D eigenvalue weighted by molar-refractivity contribution is 5.97. The van der Waals surface area contributed by atoms with Crippen molar-refractivity contribution < 1.29 is 48.9 Å². The van der Waals surface area contributed by atoms with E-state index in [1.807, 2.05) is 0 Å². The van der Waals surface area contributed by atoms with Crippen LogP contribution >= 0.6 is 0 Å². The van der Waals surface area contributed by atoms with Crippen LogP contribution in [0.2, 0.25) is 0 Å². The molecule has 3 saturated heterocycles. The fourth-order valence-corrected chi connectivity index (χ4v) is 6.97. The molecule has 304 valence electrons. The van der Waals surface area contributed by atoms with Crippen LogP contribution in [0.15, 0.2) is 4.99 Å². The Morgan fingerprint density at radius 1 is 0.759 bits per heavy atom. The molecule has 9 atom stereocenters. The topological polar surface area (TPSA) is 311 Å². The summed E-state index contributed by atoms with van der Waals surface area (Å²) >= 11 is 0. The van der Waals surface area contributed by atoms with Gasteiger partial charge in [0.25, 0.3) is 0 Å². The number of carboxylic acids is 1. The minimum absolute atomic E-state index is 0.0397. The zero-order chi connectivity index (χ0) is 40.3. The van der Waals surface area contributed by atoms with Crippen LogP contribution in [-0.2, 0) is 33.6 Å². The van der Waals surface area contributed by atoms with Crippen molar-refractivity contribution in [2.24, 2.45) is 22.4 Å². The molecule has 6 amide bonds. The van der Waals surface area contributed by atoms with Crippen LogP contribution in [0.3, 0.4) is 0 Å². The number of aliphatic carboxylic acids is 1. The molecule has 0 bridgehead atoms. The van der Waals surface area contributed by atoms with Gasteiger partial charge in [0.15, 0.2) is 5.96 Å². The molecule has 12 N–H and O–H groups in total. The molecule has 0 unspecified atom stereocenters. The molecular formula is C34H58N10O10. The van der Waals surface area contributed by atoms with Crippen LogP contribution in [-0.4, -0.2) is 153 Å². The second kappa shape index (κ2) is 20.2. The third-order valence-electron chi connectivity index (χ3n) is 9.95. The number of nitrogens with two attached hydrogens (primary N) is 2. The minimum atomic E-state index is -1.56. The van der Waals surface area contributed by atoms with E-state index >= 15 is 0 Å². The average Bonchev–Trinajstić information content (AvgIpc) is 3.91. The highest BCUT2D eigenvalue weighted by Gasteiger charge is 2.43. The molecule has 3 fully saturated rings. The fourth-order valence-electron chi connectivity index (χ4n) is 6.97. The molecule has 3 heterocycles. The van der Waals surface area contributed by atoms with Gasteiger partial charge in [-0.3, -0.25) is 33.8 Å². The number of amides is 6. The second-order valence-electron chi connectivity index (χ2n) is 14.6. The zero-order valence-corrected chi connectivity index (χ0v) is 31.5. The average molecular weight is 767 g/mol. The zero-order valence-electron chi connectivity index (χ0n) is 31.5. The molecule has 0 aromatic carbocycles. The van der Waals surface area contributed by atoms with Crippen molar-refractivity contribution in [1.82, 2.24) is 36.4 Å². The molecule has 0 aliphatic carbocycles. The van der Waals surface area contributed by atoms with Crippen molar-refractivity contribution in [3.63, 3.8) is 0 Å². The third kappa shape index (κ3) is 11.7. The largest absolute Gasteiger partial charge is 0.480 e. The van der Waals surface area contributed by atoms with Crippen molar-refractivity contribution in [1.29, 1.82) is 0 Å². The van der Waals surface area contributed by atoms with Gasteiger partial charge in [-0.15, -0.1) is 0 Å². The molecule has 3 aliphatic rings. The van der Waals surface area contributed by atoms with Gasteiger partial charge in [0, 0.05) is 19.6 Å². The quantitative estimate of drug-likeness (QED) is 0.0364. The number of rotatable bonds is 18. The first-order chi connectivity index (χ1) is 25.4. The molecule has 54 heavy (non-hydrogen) atoms. The van der Waals surface area contributed by atoms with Crippen LogP contribution < -0.4 is 38.1 Å². The van der Waals surface area contributed by atoms with Crippen LogP contribution in [0.4, 0.5) is 0 Å². The number of aliphatic imine (C=N–C) groups is 1. The normalized spacial score (nSPS) is 23.1. The Morgan fingerprint density at radius 2 is 1.30 bits per heavy atom. The third-order valence-corrected chi connectivity index (χ3v) is 9.95. The maximum Gasteiger partial charge on any atom is 0.326 e. The van der Waals surface area contributed by atoms with E-state index in [0.717, 1.165) is 6.42 Å². The number of nitrogens with one attached hydrogen (secondary N) is 5. The predicted molar refractivity (Wildman–Crippen MR) is 194 cm³/mol. The van der Waals surface area contributed by atoms with Gasteiger partial charge in [0.2, 0.25) is 35.4 Å². The van der Waals surface area contributed by atoms with E-state index in [-0.39, 0.29) is 50.3 Å². The van der Waals surface area contributed by atoms with E-state index in [2.05, 4.69) is 31.6 Å². The summed E-state index contributed by atoms with van der Waals surface area (Å²) in [5.74, 6) is -5.98. The Kier molecular flexibility index (Phi) is 16.4. The van der Waals surface area contributed by atoms with Crippen molar-refractivity contribution >= 4 is 47.4 Å².